The Balaban J connectivity index is 2.23. The molecule has 0 radical (unpaired) electrons. The fraction of sp³-hybridized carbons (Fsp3) is 0.400. The summed E-state index contributed by atoms with van der Waals surface area (Å²) in [5, 5.41) is 11.2. The van der Waals surface area contributed by atoms with Gasteiger partial charge in [0.1, 0.15) is 6.10 Å². The van der Waals surface area contributed by atoms with E-state index in [2.05, 4.69) is 4.98 Å². The molecular weight excluding hydrogens is 226 g/mol. The van der Waals surface area contributed by atoms with Crippen LogP contribution in [0.15, 0.2) is 30.3 Å². The Hall–Kier alpha value is -1.45. The lowest BCUT2D eigenvalue weighted by atomic mass is 10.1. The second-order valence-electron chi connectivity index (χ2n) is 4.47. The zero-order valence-electron chi connectivity index (χ0n) is 10.9. The number of fused-ring (bicyclic) bond motifs is 1. The summed E-state index contributed by atoms with van der Waals surface area (Å²) in [5.74, 6) is 0. The number of aromatic nitrogens is 1. The first-order chi connectivity index (χ1) is 8.72. The van der Waals surface area contributed by atoms with Gasteiger partial charge in [0.15, 0.2) is 0 Å². The topological polar surface area (TPSA) is 42.4 Å². The van der Waals surface area contributed by atoms with Gasteiger partial charge in [0.25, 0.3) is 0 Å². The summed E-state index contributed by atoms with van der Waals surface area (Å²) in [6.07, 6.45) is 0.302. The van der Waals surface area contributed by atoms with E-state index in [1.165, 1.54) is 0 Å². The fourth-order valence-electron chi connectivity index (χ4n) is 1.97. The summed E-state index contributed by atoms with van der Waals surface area (Å²) < 4.78 is 5.36. The first-order valence-electron chi connectivity index (χ1n) is 6.34. The first kappa shape index (κ1) is 13.0. The summed E-state index contributed by atoms with van der Waals surface area (Å²) in [6.45, 7) is 5.06. The van der Waals surface area contributed by atoms with Crippen LogP contribution < -0.4 is 0 Å². The third-order valence-electron chi connectivity index (χ3n) is 2.91. The number of rotatable bonds is 5. The van der Waals surface area contributed by atoms with Crippen molar-refractivity contribution in [2.24, 2.45) is 0 Å². The Bertz CT molecular complexity index is 525. The average Bonchev–Trinajstić information content (AvgIpc) is 2.39. The lowest BCUT2D eigenvalue weighted by Crippen LogP contribution is -2.10. The van der Waals surface area contributed by atoms with Crippen molar-refractivity contribution in [2.45, 2.75) is 26.4 Å². The van der Waals surface area contributed by atoms with Crippen LogP contribution >= 0.6 is 0 Å². The first-order valence-corrected chi connectivity index (χ1v) is 6.34. The quantitative estimate of drug-likeness (QED) is 0.823. The van der Waals surface area contributed by atoms with E-state index in [0.29, 0.717) is 18.9 Å². The molecule has 1 aromatic carbocycles. The van der Waals surface area contributed by atoms with E-state index >= 15 is 0 Å². The van der Waals surface area contributed by atoms with Gasteiger partial charge in [-0.3, -0.25) is 0 Å². The predicted molar refractivity (Wildman–Crippen MR) is 72.5 cm³/mol. The molecule has 0 aliphatic carbocycles. The second-order valence-corrected chi connectivity index (χ2v) is 4.47. The summed E-state index contributed by atoms with van der Waals surface area (Å²) >= 11 is 0. The van der Waals surface area contributed by atoms with Crippen molar-refractivity contribution < 1.29 is 9.84 Å². The van der Waals surface area contributed by atoms with Gasteiger partial charge in [-0.05, 0) is 31.0 Å². The molecule has 1 N–H and O–H groups in total. The molecule has 0 amide bonds. The maximum Gasteiger partial charge on any atom is 0.119 e. The number of ether oxygens (including phenoxy) is 1. The number of para-hydroxylation sites is 1. The Morgan fingerprint density at radius 2 is 2.11 bits per heavy atom. The van der Waals surface area contributed by atoms with Crippen LogP contribution in [0.2, 0.25) is 0 Å². The molecule has 0 aliphatic rings. The molecular formula is C15H19NO2. The largest absolute Gasteiger partial charge is 0.384 e. The molecule has 1 unspecified atom stereocenters. The van der Waals surface area contributed by atoms with Gasteiger partial charge in [-0.1, -0.05) is 25.1 Å². The van der Waals surface area contributed by atoms with E-state index in [-0.39, 0.29) is 0 Å². The van der Waals surface area contributed by atoms with Gasteiger partial charge in [0, 0.05) is 12.0 Å². The molecule has 1 heterocycles. The standard InChI is InChI=1S/C15H19NO2/c1-3-8-18-10-15(17)14-9-11(2)12-6-4-5-7-13(12)16-14/h4-7,9,15,17H,3,8,10H2,1-2H3. The summed E-state index contributed by atoms with van der Waals surface area (Å²) in [5.41, 5.74) is 2.73. The van der Waals surface area contributed by atoms with Crippen LogP contribution in [0.3, 0.4) is 0 Å². The normalized spacial score (nSPS) is 12.8. The number of aryl methyl sites for hydroxylation is 1. The van der Waals surface area contributed by atoms with Crippen LogP contribution in [0.25, 0.3) is 10.9 Å². The highest BCUT2D eigenvalue weighted by Crippen LogP contribution is 2.21. The minimum atomic E-state index is -0.653. The summed E-state index contributed by atoms with van der Waals surface area (Å²) in [7, 11) is 0. The number of hydrogen-bond donors (Lipinski definition) is 1. The molecule has 96 valence electrons. The fourth-order valence-corrected chi connectivity index (χ4v) is 1.97. The summed E-state index contributed by atoms with van der Waals surface area (Å²) in [6, 6.07) is 9.89. The number of aliphatic hydroxyl groups is 1. The molecule has 0 aliphatic heterocycles. The molecule has 1 atom stereocenters. The Morgan fingerprint density at radius 3 is 2.89 bits per heavy atom. The van der Waals surface area contributed by atoms with E-state index in [1.807, 2.05) is 44.2 Å². The van der Waals surface area contributed by atoms with Crippen LogP contribution in [0.1, 0.15) is 30.7 Å². The van der Waals surface area contributed by atoms with Crippen LogP contribution in [0.4, 0.5) is 0 Å². The molecule has 3 heteroatoms. The van der Waals surface area contributed by atoms with E-state index < -0.39 is 6.10 Å². The van der Waals surface area contributed by atoms with Gasteiger partial charge < -0.3 is 9.84 Å². The van der Waals surface area contributed by atoms with Gasteiger partial charge in [0.05, 0.1) is 17.8 Å². The lowest BCUT2D eigenvalue weighted by molar-refractivity contribution is 0.0344. The van der Waals surface area contributed by atoms with E-state index in [0.717, 1.165) is 22.9 Å². The average molecular weight is 245 g/mol. The second kappa shape index (κ2) is 5.94. The zero-order valence-corrected chi connectivity index (χ0v) is 10.9. The monoisotopic (exact) mass is 245 g/mol. The Labute approximate surface area is 107 Å². The number of benzene rings is 1. The van der Waals surface area contributed by atoms with Crippen molar-refractivity contribution in [3.63, 3.8) is 0 Å². The van der Waals surface area contributed by atoms with Crippen LogP contribution in [0, 0.1) is 6.92 Å². The molecule has 0 spiro atoms. The van der Waals surface area contributed by atoms with Crippen LogP contribution in [0.5, 0.6) is 0 Å². The maximum absolute atomic E-state index is 10.0. The highest BCUT2D eigenvalue weighted by Gasteiger charge is 2.11. The minimum absolute atomic E-state index is 0.304. The molecule has 0 saturated carbocycles. The van der Waals surface area contributed by atoms with Crippen molar-refractivity contribution in [2.75, 3.05) is 13.2 Å². The van der Waals surface area contributed by atoms with Gasteiger partial charge in [0.2, 0.25) is 0 Å². The molecule has 2 rings (SSSR count). The highest BCUT2D eigenvalue weighted by atomic mass is 16.5. The van der Waals surface area contributed by atoms with Crippen molar-refractivity contribution in [3.05, 3.63) is 41.6 Å². The van der Waals surface area contributed by atoms with Crippen molar-refractivity contribution in [1.82, 2.24) is 4.98 Å². The smallest absolute Gasteiger partial charge is 0.119 e. The number of nitrogens with zero attached hydrogens (tertiary/aromatic N) is 1. The number of aliphatic hydroxyl groups excluding tert-OH is 1. The number of hydrogen-bond acceptors (Lipinski definition) is 3. The van der Waals surface area contributed by atoms with Crippen molar-refractivity contribution in [1.29, 1.82) is 0 Å². The maximum atomic E-state index is 10.0. The van der Waals surface area contributed by atoms with E-state index in [4.69, 9.17) is 4.74 Å². The highest BCUT2D eigenvalue weighted by molar-refractivity contribution is 5.82. The number of pyridine rings is 1. The van der Waals surface area contributed by atoms with Crippen molar-refractivity contribution >= 4 is 10.9 Å². The van der Waals surface area contributed by atoms with Gasteiger partial charge in [-0.2, -0.15) is 0 Å². The van der Waals surface area contributed by atoms with Gasteiger partial charge >= 0.3 is 0 Å². The van der Waals surface area contributed by atoms with E-state index in [1.54, 1.807) is 0 Å². The summed E-state index contributed by atoms with van der Waals surface area (Å²) in [4.78, 5) is 4.48. The van der Waals surface area contributed by atoms with Crippen LogP contribution in [-0.2, 0) is 4.74 Å². The van der Waals surface area contributed by atoms with Gasteiger partial charge in [-0.15, -0.1) is 0 Å². The third-order valence-corrected chi connectivity index (χ3v) is 2.91. The molecule has 0 fully saturated rings. The Morgan fingerprint density at radius 1 is 1.33 bits per heavy atom. The third kappa shape index (κ3) is 2.86. The van der Waals surface area contributed by atoms with Crippen LogP contribution in [-0.4, -0.2) is 23.3 Å². The molecule has 2 aromatic rings. The Kier molecular flexibility index (Phi) is 4.28. The minimum Gasteiger partial charge on any atom is -0.384 e. The molecule has 18 heavy (non-hydrogen) atoms. The van der Waals surface area contributed by atoms with Crippen molar-refractivity contribution in [3.8, 4) is 0 Å². The van der Waals surface area contributed by atoms with E-state index in [9.17, 15) is 5.11 Å². The molecule has 3 nitrogen and oxygen atoms in total. The molecule has 0 bridgehead atoms. The molecule has 1 aromatic heterocycles. The molecule has 0 saturated heterocycles. The SMILES string of the molecule is CCCOCC(O)c1cc(C)c2ccccc2n1. The zero-order chi connectivity index (χ0) is 13.0. The predicted octanol–water partition coefficient (Wildman–Crippen LogP) is 3.00. The lowest BCUT2D eigenvalue weighted by Gasteiger charge is -2.12. The van der Waals surface area contributed by atoms with Gasteiger partial charge in [-0.25, -0.2) is 4.98 Å².